The normalized spacial score (nSPS) is 37.2. The van der Waals surface area contributed by atoms with Crippen LogP contribution in [0.5, 0.6) is 0 Å². The number of ether oxygens (including phenoxy) is 1. The number of fused-ring (bicyclic) bond motifs is 10. The Hall–Kier alpha value is -3.18. The number of nitrogens with zero attached hydrogens (tertiary/aromatic N) is 3. The lowest BCUT2D eigenvalue weighted by atomic mass is 9.62. The van der Waals surface area contributed by atoms with Crippen LogP contribution in [0, 0.1) is 34.5 Å². The Morgan fingerprint density at radius 1 is 0.885 bits per heavy atom. The second-order valence-electron chi connectivity index (χ2n) is 19.7. The average molecular weight is 714 g/mol. The fraction of sp³-hybridized carbons (Fsp3) is 0.574. The minimum atomic E-state index is 0.180. The molecule has 5 heteroatoms. The number of benzene rings is 1. The van der Waals surface area contributed by atoms with Crippen LogP contribution in [0.4, 0.5) is 5.00 Å². The highest BCUT2D eigenvalue weighted by Crippen LogP contribution is 2.64. The van der Waals surface area contributed by atoms with Gasteiger partial charge in [-0.15, -0.1) is 11.3 Å². The maximum absolute atomic E-state index is 7.01. The van der Waals surface area contributed by atoms with Crippen molar-refractivity contribution in [3.63, 3.8) is 0 Å². The van der Waals surface area contributed by atoms with Crippen LogP contribution in [0.3, 0.4) is 0 Å². The molecular weight excluding hydrogens is 655 g/mol. The summed E-state index contributed by atoms with van der Waals surface area (Å²) in [5, 5.41) is 3.12. The molecule has 274 valence electrons. The first-order valence-corrected chi connectivity index (χ1v) is 21.4. The summed E-state index contributed by atoms with van der Waals surface area (Å²) in [6.45, 7) is 19.5. The number of hydrogen-bond donors (Lipinski definition) is 0. The van der Waals surface area contributed by atoms with E-state index in [0.717, 1.165) is 25.7 Å². The van der Waals surface area contributed by atoms with Gasteiger partial charge in [0.2, 0.25) is 0 Å². The molecule has 52 heavy (non-hydrogen) atoms. The highest BCUT2D eigenvalue weighted by atomic mass is 32.1. The van der Waals surface area contributed by atoms with Gasteiger partial charge in [0.05, 0.1) is 46.3 Å². The fourth-order valence-corrected chi connectivity index (χ4v) is 13.3. The lowest BCUT2D eigenvalue weighted by Gasteiger charge is -2.65. The van der Waals surface area contributed by atoms with Crippen LogP contribution in [0.1, 0.15) is 112 Å². The van der Waals surface area contributed by atoms with Gasteiger partial charge in [-0.05, 0) is 90.7 Å². The van der Waals surface area contributed by atoms with E-state index in [1.54, 1.807) is 10.6 Å². The maximum Gasteiger partial charge on any atom is 0.121 e. The molecule has 0 N–H and O–H groups in total. The highest BCUT2D eigenvalue weighted by Gasteiger charge is 2.63. The molecule has 2 aromatic rings. The lowest BCUT2D eigenvalue weighted by molar-refractivity contribution is 0.00560. The molecule has 0 radical (unpaired) electrons. The summed E-state index contributed by atoms with van der Waals surface area (Å²) in [6, 6.07) is 11.1. The SMILES string of the molecule is C/C=C\C(=C1/CC2CC=CCC2O1)N1C2=CC(C(C)(C)C)CC=C2N2C3CC(C(C)(C)C)CC4c5c(sc6ccccc56)N(C5CC(C)C=C1C52)C43. The monoisotopic (exact) mass is 713 g/mol. The van der Waals surface area contributed by atoms with Gasteiger partial charge < -0.3 is 19.4 Å². The van der Waals surface area contributed by atoms with Gasteiger partial charge in [0.1, 0.15) is 11.9 Å². The van der Waals surface area contributed by atoms with E-state index in [0.29, 0.717) is 59.9 Å². The molecule has 4 aliphatic carbocycles. The molecule has 10 rings (SSSR count). The molecule has 0 amide bonds. The molecular formula is C47H59N3OS. The Morgan fingerprint density at radius 3 is 2.46 bits per heavy atom. The quantitative estimate of drug-likeness (QED) is 0.288. The molecule has 4 aliphatic heterocycles. The number of rotatable bonds is 2. The van der Waals surface area contributed by atoms with Crippen molar-refractivity contribution in [2.75, 3.05) is 4.90 Å². The van der Waals surface area contributed by atoms with E-state index in [1.807, 2.05) is 0 Å². The van der Waals surface area contributed by atoms with E-state index in [2.05, 4.69) is 148 Å². The van der Waals surface area contributed by atoms with Crippen LogP contribution >= 0.6 is 11.3 Å². The van der Waals surface area contributed by atoms with Crippen molar-refractivity contribution in [1.29, 1.82) is 0 Å². The molecule has 0 bridgehead atoms. The van der Waals surface area contributed by atoms with Crippen molar-refractivity contribution in [3.8, 4) is 0 Å². The van der Waals surface area contributed by atoms with E-state index in [4.69, 9.17) is 4.74 Å². The van der Waals surface area contributed by atoms with Crippen LogP contribution in [0.2, 0.25) is 0 Å². The van der Waals surface area contributed by atoms with Crippen molar-refractivity contribution in [2.24, 2.45) is 34.5 Å². The van der Waals surface area contributed by atoms with E-state index in [1.165, 1.54) is 57.9 Å². The van der Waals surface area contributed by atoms with E-state index >= 15 is 0 Å². The number of allylic oxidation sites excluding steroid dienone is 7. The Bertz CT molecular complexity index is 1970. The predicted octanol–water partition coefficient (Wildman–Crippen LogP) is 11.7. The van der Waals surface area contributed by atoms with Gasteiger partial charge in [0.15, 0.2) is 0 Å². The third kappa shape index (κ3) is 4.82. The van der Waals surface area contributed by atoms with Gasteiger partial charge in [-0.2, -0.15) is 0 Å². The summed E-state index contributed by atoms with van der Waals surface area (Å²) < 4.78 is 8.48. The average Bonchev–Trinajstić information content (AvgIpc) is 3.79. The second-order valence-corrected chi connectivity index (χ2v) is 20.7. The molecule has 10 unspecified atom stereocenters. The number of thiophene rings is 1. The summed E-state index contributed by atoms with van der Waals surface area (Å²) in [7, 11) is 0. The summed E-state index contributed by atoms with van der Waals surface area (Å²) in [5.74, 6) is 3.97. The van der Waals surface area contributed by atoms with E-state index in [9.17, 15) is 0 Å². The Morgan fingerprint density at radius 2 is 1.69 bits per heavy atom. The Kier molecular flexibility index (Phi) is 7.49. The van der Waals surface area contributed by atoms with Crippen LogP contribution in [0.15, 0.2) is 95.3 Å². The molecule has 5 heterocycles. The van der Waals surface area contributed by atoms with E-state index < -0.39 is 0 Å². The van der Waals surface area contributed by atoms with Gasteiger partial charge in [-0.1, -0.05) is 103 Å². The second kappa shape index (κ2) is 11.7. The topological polar surface area (TPSA) is 19.0 Å². The lowest BCUT2D eigenvalue weighted by Crippen LogP contribution is -2.73. The van der Waals surface area contributed by atoms with Crippen molar-refractivity contribution in [2.45, 2.75) is 137 Å². The van der Waals surface area contributed by atoms with Crippen LogP contribution in [-0.2, 0) is 4.74 Å². The molecule has 0 spiro atoms. The first kappa shape index (κ1) is 33.4. The molecule has 8 aliphatic rings. The van der Waals surface area contributed by atoms with Gasteiger partial charge in [0.25, 0.3) is 0 Å². The first-order chi connectivity index (χ1) is 24.9. The summed E-state index contributed by atoms with van der Waals surface area (Å²) in [4.78, 5) is 8.84. The molecule has 10 atom stereocenters. The summed E-state index contributed by atoms with van der Waals surface area (Å²) >= 11 is 2.09. The zero-order valence-electron chi connectivity index (χ0n) is 32.7. The zero-order chi connectivity index (χ0) is 35.8. The van der Waals surface area contributed by atoms with Crippen LogP contribution in [-0.4, -0.2) is 40.1 Å². The van der Waals surface area contributed by atoms with Gasteiger partial charge in [0, 0.05) is 35.1 Å². The number of anilines is 1. The minimum Gasteiger partial charge on any atom is -0.492 e. The van der Waals surface area contributed by atoms with E-state index in [-0.39, 0.29) is 10.8 Å². The zero-order valence-corrected chi connectivity index (χ0v) is 33.5. The van der Waals surface area contributed by atoms with Crippen LogP contribution in [0.25, 0.3) is 10.1 Å². The maximum atomic E-state index is 7.01. The van der Waals surface area contributed by atoms with Crippen molar-refractivity contribution in [3.05, 3.63) is 101 Å². The number of piperazine rings is 2. The summed E-state index contributed by atoms with van der Waals surface area (Å²) in [6.07, 6.45) is 25.8. The van der Waals surface area contributed by atoms with Crippen molar-refractivity contribution < 1.29 is 4.74 Å². The first-order valence-electron chi connectivity index (χ1n) is 20.6. The standard InChI is InChI=1S/C47H59N3OS/c1-9-14-34(40-23-28-15-10-12-17-39(28)51-40)48-35-25-29(46(3,4)5)19-20-33(35)49-38-26-30(47(6,7)8)24-32-42-31-16-11-13-18-41(31)52-45(42)50(43(32)38)37-22-27(2)21-36(48)44(37)49/h9-14,16,18,20-21,25,27-30,32,37-39,43-44H,15,17,19,22-24,26H2,1-8H3/b14-9-,40-34-. The Balaban J connectivity index is 1.20. The molecule has 4 fully saturated rings. The third-order valence-corrected chi connectivity index (χ3v) is 15.8. The smallest absolute Gasteiger partial charge is 0.121 e. The third-order valence-electron chi connectivity index (χ3n) is 14.6. The number of hydrogen-bond acceptors (Lipinski definition) is 5. The fourth-order valence-electron chi connectivity index (χ4n) is 11.9. The van der Waals surface area contributed by atoms with Gasteiger partial charge >= 0.3 is 0 Å². The molecule has 4 nitrogen and oxygen atoms in total. The Labute approximate surface area is 316 Å². The van der Waals surface area contributed by atoms with Crippen LogP contribution < -0.4 is 4.90 Å². The largest absolute Gasteiger partial charge is 0.492 e. The summed E-state index contributed by atoms with van der Waals surface area (Å²) in [5.41, 5.74) is 7.82. The molecule has 1 aromatic carbocycles. The highest BCUT2D eigenvalue weighted by molar-refractivity contribution is 7.23. The van der Waals surface area contributed by atoms with Gasteiger partial charge in [-0.25, -0.2) is 0 Å². The molecule has 1 aromatic heterocycles. The predicted molar refractivity (Wildman–Crippen MR) is 217 cm³/mol. The molecule has 3 saturated heterocycles. The minimum absolute atomic E-state index is 0.180. The molecule has 1 saturated carbocycles. The van der Waals surface area contributed by atoms with Gasteiger partial charge in [-0.3, -0.25) is 0 Å². The van der Waals surface area contributed by atoms with Crippen molar-refractivity contribution >= 4 is 26.4 Å². The van der Waals surface area contributed by atoms with Crippen molar-refractivity contribution in [1.82, 2.24) is 9.80 Å².